The molecule has 3 aromatic heterocycles. The minimum Gasteiger partial charge on any atom is -0.437 e. The van der Waals surface area contributed by atoms with Crippen LogP contribution in [0.5, 0.6) is 11.6 Å². The molecule has 135 valence electrons. The minimum atomic E-state index is 0.304. The highest BCUT2D eigenvalue weighted by atomic mass is 16.5. The van der Waals surface area contributed by atoms with Gasteiger partial charge in [-0.05, 0) is 18.2 Å². The van der Waals surface area contributed by atoms with E-state index in [2.05, 4.69) is 26.3 Å². The smallest absolute Gasteiger partial charge is 0.278 e. The van der Waals surface area contributed by atoms with Crippen molar-refractivity contribution in [1.29, 1.82) is 0 Å². The maximum absolute atomic E-state index is 5.81. The molecular formula is C21H14N5O2. The second-order valence-electron chi connectivity index (χ2n) is 6.18. The van der Waals surface area contributed by atoms with E-state index in [-0.39, 0.29) is 0 Å². The highest BCUT2D eigenvalue weighted by Gasteiger charge is 2.12. The fourth-order valence-corrected chi connectivity index (χ4v) is 2.87. The number of nitrogens with zero attached hydrogens (tertiary/aromatic N) is 5. The van der Waals surface area contributed by atoms with Gasteiger partial charge in [0.25, 0.3) is 5.89 Å². The Labute approximate surface area is 160 Å². The van der Waals surface area contributed by atoms with E-state index in [0.29, 0.717) is 29.0 Å². The highest BCUT2D eigenvalue weighted by Crippen LogP contribution is 2.26. The Morgan fingerprint density at radius 1 is 1.04 bits per heavy atom. The van der Waals surface area contributed by atoms with Crippen LogP contribution in [0.15, 0.2) is 71.5 Å². The first-order valence-electron chi connectivity index (χ1n) is 8.63. The number of rotatable bonds is 4. The molecule has 0 spiro atoms. The molecule has 5 aromatic rings. The summed E-state index contributed by atoms with van der Waals surface area (Å²) in [4.78, 5) is 13.0. The van der Waals surface area contributed by atoms with Gasteiger partial charge in [0.15, 0.2) is 0 Å². The van der Waals surface area contributed by atoms with Crippen molar-refractivity contribution in [2.24, 2.45) is 7.05 Å². The Bertz CT molecular complexity index is 1240. The van der Waals surface area contributed by atoms with Crippen LogP contribution in [0.2, 0.25) is 0 Å². The first-order valence-corrected chi connectivity index (χ1v) is 8.63. The van der Waals surface area contributed by atoms with Gasteiger partial charge in [0.2, 0.25) is 11.7 Å². The van der Waals surface area contributed by atoms with Crippen LogP contribution in [0.1, 0.15) is 0 Å². The Kier molecular flexibility index (Phi) is 3.83. The van der Waals surface area contributed by atoms with Crippen LogP contribution in [-0.2, 0) is 7.05 Å². The minimum absolute atomic E-state index is 0.304. The van der Waals surface area contributed by atoms with Gasteiger partial charge in [-0.15, -0.1) is 0 Å². The standard InChI is InChI=1S/C21H14N5O2/c1-26-10-9-14-7-8-16(11-18(14)26)27-19-13-22-17(12-23-19)21-24-20(25-28-21)15-5-3-2-4-6-15/h2-9,11-13H,1H3. The number of hydrogen-bond acceptors (Lipinski definition) is 6. The molecule has 0 atom stereocenters. The number of ether oxygens (including phenoxy) is 1. The molecule has 0 aliphatic rings. The largest absolute Gasteiger partial charge is 0.437 e. The third-order valence-electron chi connectivity index (χ3n) is 4.30. The van der Waals surface area contributed by atoms with Crippen LogP contribution in [0.4, 0.5) is 0 Å². The van der Waals surface area contributed by atoms with Gasteiger partial charge in [-0.2, -0.15) is 4.98 Å². The number of aromatic nitrogens is 5. The molecule has 0 aliphatic carbocycles. The summed E-state index contributed by atoms with van der Waals surface area (Å²) >= 11 is 0. The molecule has 0 unspecified atom stereocenters. The average Bonchev–Trinajstić information content (AvgIpc) is 3.37. The molecule has 2 aromatic carbocycles. The van der Waals surface area contributed by atoms with Crippen molar-refractivity contribution in [3.63, 3.8) is 0 Å². The van der Waals surface area contributed by atoms with Crippen LogP contribution in [0, 0.1) is 6.20 Å². The van der Waals surface area contributed by atoms with Crippen LogP contribution >= 0.6 is 0 Å². The van der Waals surface area contributed by atoms with E-state index in [1.165, 1.54) is 6.20 Å². The summed E-state index contributed by atoms with van der Waals surface area (Å²) in [6.45, 7) is 0. The molecule has 0 fully saturated rings. The van der Waals surface area contributed by atoms with Gasteiger partial charge < -0.3 is 13.8 Å². The van der Waals surface area contributed by atoms with Gasteiger partial charge in [-0.25, -0.2) is 9.97 Å². The predicted octanol–water partition coefficient (Wildman–Crippen LogP) is 4.28. The summed E-state index contributed by atoms with van der Waals surface area (Å²) in [7, 11) is 1.94. The van der Waals surface area contributed by atoms with Crippen molar-refractivity contribution in [1.82, 2.24) is 24.7 Å². The van der Waals surface area contributed by atoms with Crippen LogP contribution in [0.3, 0.4) is 0 Å². The Hall–Kier alpha value is -4.00. The van der Waals surface area contributed by atoms with E-state index in [4.69, 9.17) is 9.26 Å². The third kappa shape index (κ3) is 2.99. The zero-order chi connectivity index (χ0) is 18.9. The van der Waals surface area contributed by atoms with Crippen LogP contribution in [0.25, 0.3) is 33.9 Å². The van der Waals surface area contributed by atoms with Crippen molar-refractivity contribution in [3.8, 4) is 34.6 Å². The average molecular weight is 368 g/mol. The highest BCUT2D eigenvalue weighted by molar-refractivity contribution is 5.81. The molecule has 1 radical (unpaired) electrons. The summed E-state index contributed by atoms with van der Waals surface area (Å²) < 4.78 is 13.0. The SMILES string of the molecule is Cn1[c]cc2ccc(Oc3cnc(-c4nc(-c5ccccc5)no4)cn3)cc21. The zero-order valence-electron chi connectivity index (χ0n) is 14.9. The third-order valence-corrected chi connectivity index (χ3v) is 4.30. The Morgan fingerprint density at radius 3 is 2.75 bits per heavy atom. The van der Waals surface area contributed by atoms with Crippen molar-refractivity contribution in [2.45, 2.75) is 0 Å². The maximum atomic E-state index is 5.81. The molecule has 7 nitrogen and oxygen atoms in total. The predicted molar refractivity (Wildman–Crippen MR) is 103 cm³/mol. The fourth-order valence-electron chi connectivity index (χ4n) is 2.87. The van der Waals surface area contributed by atoms with Crippen molar-refractivity contribution >= 4 is 10.9 Å². The van der Waals surface area contributed by atoms with E-state index in [1.54, 1.807) is 6.20 Å². The second kappa shape index (κ2) is 6.62. The van der Waals surface area contributed by atoms with Crippen molar-refractivity contribution < 1.29 is 9.26 Å². The summed E-state index contributed by atoms with van der Waals surface area (Å²) in [5, 5.41) is 5.09. The molecule has 3 heterocycles. The Balaban J connectivity index is 1.37. The fraction of sp³-hybridized carbons (Fsp3) is 0.0476. The van der Waals surface area contributed by atoms with E-state index >= 15 is 0 Å². The second-order valence-corrected chi connectivity index (χ2v) is 6.18. The van der Waals surface area contributed by atoms with Crippen LogP contribution < -0.4 is 4.74 Å². The van der Waals surface area contributed by atoms with E-state index in [1.807, 2.05) is 66.2 Å². The molecule has 5 rings (SSSR count). The van der Waals surface area contributed by atoms with Gasteiger partial charge >= 0.3 is 0 Å². The van der Waals surface area contributed by atoms with Gasteiger partial charge in [0, 0.05) is 24.1 Å². The topological polar surface area (TPSA) is 78.9 Å². The lowest BCUT2D eigenvalue weighted by molar-refractivity contribution is 0.429. The first-order chi connectivity index (χ1) is 13.8. The number of fused-ring (bicyclic) bond motifs is 1. The van der Waals surface area contributed by atoms with Gasteiger partial charge in [0.1, 0.15) is 11.4 Å². The van der Waals surface area contributed by atoms with E-state index in [9.17, 15) is 0 Å². The lowest BCUT2D eigenvalue weighted by Gasteiger charge is -2.05. The lowest BCUT2D eigenvalue weighted by atomic mass is 10.2. The van der Waals surface area contributed by atoms with Gasteiger partial charge in [0.05, 0.1) is 24.1 Å². The van der Waals surface area contributed by atoms with Gasteiger partial charge in [-0.1, -0.05) is 35.5 Å². The molecule has 28 heavy (non-hydrogen) atoms. The van der Waals surface area contributed by atoms with Crippen molar-refractivity contribution in [3.05, 3.63) is 73.2 Å². The zero-order valence-corrected chi connectivity index (χ0v) is 14.9. The molecular weight excluding hydrogens is 354 g/mol. The monoisotopic (exact) mass is 368 g/mol. The quantitative estimate of drug-likeness (QED) is 0.471. The number of benzene rings is 2. The Morgan fingerprint density at radius 2 is 1.93 bits per heavy atom. The normalized spacial score (nSPS) is 11.0. The summed E-state index contributed by atoms with van der Waals surface area (Å²) in [5.41, 5.74) is 2.38. The lowest BCUT2D eigenvalue weighted by Crippen LogP contribution is -1.92. The molecule has 0 saturated carbocycles. The molecule has 7 heteroatoms. The van der Waals surface area contributed by atoms with Gasteiger partial charge in [-0.3, -0.25) is 0 Å². The molecule has 0 bridgehead atoms. The molecule has 0 aliphatic heterocycles. The molecule has 0 N–H and O–H groups in total. The maximum Gasteiger partial charge on any atom is 0.278 e. The van der Waals surface area contributed by atoms with E-state index < -0.39 is 0 Å². The van der Waals surface area contributed by atoms with Crippen LogP contribution in [-0.4, -0.2) is 24.7 Å². The number of aryl methyl sites for hydroxylation is 1. The first kappa shape index (κ1) is 16.2. The molecule has 0 amide bonds. The summed E-state index contributed by atoms with van der Waals surface area (Å²) in [6, 6.07) is 17.3. The molecule has 0 saturated heterocycles. The van der Waals surface area contributed by atoms with E-state index in [0.717, 1.165) is 16.5 Å². The summed E-state index contributed by atoms with van der Waals surface area (Å²) in [6.07, 6.45) is 6.20. The number of hydrogen-bond donors (Lipinski definition) is 0. The van der Waals surface area contributed by atoms with Crippen molar-refractivity contribution in [2.75, 3.05) is 0 Å². The summed E-state index contributed by atoms with van der Waals surface area (Å²) in [5.74, 6) is 1.86.